The molecular formula is C8H23NO2SSi. The van der Waals surface area contributed by atoms with Crippen molar-refractivity contribution in [1.29, 1.82) is 0 Å². The molecule has 5 heteroatoms. The fraction of sp³-hybridized carbons (Fsp3) is 1.00. The Labute approximate surface area is 89.7 Å². The van der Waals surface area contributed by atoms with Crippen LogP contribution in [0, 0.1) is 0 Å². The molecule has 0 aliphatic carbocycles. The SMILES string of the molecule is CN(C)C.CO[SiH](CCCS)OC. The molecule has 13 heavy (non-hydrogen) atoms. The Hall–Kier alpha value is 0.447. The van der Waals surface area contributed by atoms with Gasteiger partial charge in [-0.3, -0.25) is 0 Å². The van der Waals surface area contributed by atoms with E-state index in [9.17, 15) is 0 Å². The van der Waals surface area contributed by atoms with E-state index in [2.05, 4.69) is 12.6 Å². The van der Waals surface area contributed by atoms with Crippen molar-refractivity contribution in [2.45, 2.75) is 12.5 Å². The lowest BCUT2D eigenvalue weighted by molar-refractivity contribution is 0.277. The molecule has 0 aromatic carbocycles. The Balaban J connectivity index is 0. The van der Waals surface area contributed by atoms with Crippen molar-refractivity contribution >= 4 is 21.9 Å². The third kappa shape index (κ3) is 19.0. The number of rotatable bonds is 5. The fourth-order valence-electron chi connectivity index (χ4n) is 0.590. The summed E-state index contributed by atoms with van der Waals surface area (Å²) in [5, 5.41) is 0. The third-order valence-corrected chi connectivity index (χ3v) is 3.37. The zero-order valence-electron chi connectivity index (χ0n) is 9.41. The Bertz CT molecular complexity index is 89.5. The van der Waals surface area contributed by atoms with Gasteiger partial charge in [0.2, 0.25) is 0 Å². The van der Waals surface area contributed by atoms with Crippen molar-refractivity contribution in [2.75, 3.05) is 41.1 Å². The van der Waals surface area contributed by atoms with Crippen LogP contribution in [0.4, 0.5) is 0 Å². The van der Waals surface area contributed by atoms with Crippen LogP contribution in [0.3, 0.4) is 0 Å². The lowest BCUT2D eigenvalue weighted by Gasteiger charge is -2.08. The zero-order chi connectivity index (χ0) is 10.7. The van der Waals surface area contributed by atoms with Gasteiger partial charge in [-0.1, -0.05) is 0 Å². The van der Waals surface area contributed by atoms with E-state index in [1.165, 1.54) is 0 Å². The van der Waals surface area contributed by atoms with Crippen molar-refractivity contribution in [3.63, 3.8) is 0 Å². The minimum absolute atomic E-state index is 0.927. The molecule has 0 heterocycles. The molecule has 0 atom stereocenters. The Morgan fingerprint density at radius 2 is 1.54 bits per heavy atom. The summed E-state index contributed by atoms with van der Waals surface area (Å²) in [6, 6.07) is 1.07. The summed E-state index contributed by atoms with van der Waals surface area (Å²) in [6.07, 6.45) is 1.10. The first kappa shape index (κ1) is 15.9. The van der Waals surface area contributed by atoms with Gasteiger partial charge in [-0.15, -0.1) is 0 Å². The average molecular weight is 225 g/mol. The number of hydrogen-bond acceptors (Lipinski definition) is 4. The summed E-state index contributed by atoms with van der Waals surface area (Å²) < 4.78 is 10.2. The molecule has 82 valence electrons. The maximum absolute atomic E-state index is 5.08. The van der Waals surface area contributed by atoms with Crippen LogP contribution in [0.1, 0.15) is 6.42 Å². The van der Waals surface area contributed by atoms with Crippen LogP contribution in [-0.4, -0.2) is 55.3 Å². The zero-order valence-corrected chi connectivity index (χ0v) is 11.5. The van der Waals surface area contributed by atoms with Gasteiger partial charge in [0.1, 0.15) is 0 Å². The van der Waals surface area contributed by atoms with Crippen LogP contribution in [0.15, 0.2) is 0 Å². The van der Waals surface area contributed by atoms with Gasteiger partial charge in [-0.2, -0.15) is 12.6 Å². The van der Waals surface area contributed by atoms with E-state index < -0.39 is 9.28 Å². The number of nitrogens with zero attached hydrogens (tertiary/aromatic N) is 1. The van der Waals surface area contributed by atoms with Gasteiger partial charge >= 0.3 is 9.28 Å². The highest BCUT2D eigenvalue weighted by molar-refractivity contribution is 7.80. The second-order valence-electron chi connectivity index (χ2n) is 3.11. The predicted molar refractivity (Wildman–Crippen MR) is 64.1 cm³/mol. The summed E-state index contributed by atoms with van der Waals surface area (Å²) in [6.45, 7) is 0. The average Bonchev–Trinajstić information content (AvgIpc) is 2.06. The first-order chi connectivity index (χ1) is 6.08. The van der Waals surface area contributed by atoms with Gasteiger partial charge < -0.3 is 13.8 Å². The number of hydrogen-bond donors (Lipinski definition) is 1. The molecule has 0 rings (SSSR count). The van der Waals surface area contributed by atoms with E-state index in [0.717, 1.165) is 18.2 Å². The van der Waals surface area contributed by atoms with Gasteiger partial charge in [0.15, 0.2) is 0 Å². The molecule has 3 nitrogen and oxygen atoms in total. The maximum atomic E-state index is 5.08. The van der Waals surface area contributed by atoms with Crippen molar-refractivity contribution in [3.8, 4) is 0 Å². The van der Waals surface area contributed by atoms with E-state index in [1.54, 1.807) is 14.2 Å². The lowest BCUT2D eigenvalue weighted by Crippen LogP contribution is -2.18. The highest BCUT2D eigenvalue weighted by Crippen LogP contribution is 1.99. The molecule has 0 aromatic heterocycles. The molecule has 0 amide bonds. The molecule has 0 saturated carbocycles. The Morgan fingerprint density at radius 1 is 1.15 bits per heavy atom. The van der Waals surface area contributed by atoms with Crippen LogP contribution in [-0.2, 0) is 8.85 Å². The predicted octanol–water partition coefficient (Wildman–Crippen LogP) is 0.997. The van der Waals surface area contributed by atoms with Crippen LogP contribution in [0.5, 0.6) is 0 Å². The smallest absolute Gasteiger partial charge is 0.320 e. The maximum Gasteiger partial charge on any atom is 0.320 e. The summed E-state index contributed by atoms with van der Waals surface area (Å²) in [5.41, 5.74) is 0. The molecule has 0 aliphatic heterocycles. The van der Waals surface area contributed by atoms with Gasteiger partial charge in [-0.25, -0.2) is 0 Å². The second-order valence-corrected chi connectivity index (χ2v) is 5.93. The van der Waals surface area contributed by atoms with E-state index in [1.807, 2.05) is 26.0 Å². The molecule has 0 fully saturated rings. The quantitative estimate of drug-likeness (QED) is 0.557. The fourth-order valence-corrected chi connectivity index (χ4v) is 2.32. The van der Waals surface area contributed by atoms with E-state index in [4.69, 9.17) is 8.85 Å². The molecular weight excluding hydrogens is 202 g/mol. The standard InChI is InChI=1S/C5H14O2SSi.C3H9N/c1-6-9(7-2)5-3-4-8;1-4(2)3/h8-9H,3-5H2,1-2H3;1-3H3. The minimum atomic E-state index is -1.26. The van der Waals surface area contributed by atoms with Gasteiger partial charge in [0.05, 0.1) is 0 Å². The molecule has 0 spiro atoms. The van der Waals surface area contributed by atoms with E-state index in [0.29, 0.717) is 0 Å². The normalized spacial score (nSPS) is 10.2. The Kier molecular flexibility index (Phi) is 15.2. The van der Waals surface area contributed by atoms with Crippen molar-refractivity contribution < 1.29 is 8.85 Å². The minimum Gasteiger partial charge on any atom is -0.400 e. The van der Waals surface area contributed by atoms with Gasteiger partial charge in [-0.05, 0) is 39.4 Å². The first-order valence-electron chi connectivity index (χ1n) is 4.35. The number of thiol groups is 1. The summed E-state index contributed by atoms with van der Waals surface area (Å²) in [7, 11) is 8.16. The van der Waals surface area contributed by atoms with E-state index >= 15 is 0 Å². The van der Waals surface area contributed by atoms with Gasteiger partial charge in [0, 0.05) is 14.2 Å². The largest absolute Gasteiger partial charge is 0.400 e. The van der Waals surface area contributed by atoms with Crippen LogP contribution in [0.25, 0.3) is 0 Å². The van der Waals surface area contributed by atoms with Crippen LogP contribution in [0.2, 0.25) is 6.04 Å². The molecule has 0 aromatic rings. The van der Waals surface area contributed by atoms with Crippen molar-refractivity contribution in [3.05, 3.63) is 0 Å². The summed E-state index contributed by atoms with van der Waals surface area (Å²) >= 11 is 4.08. The highest BCUT2D eigenvalue weighted by Gasteiger charge is 2.06. The molecule has 0 bridgehead atoms. The third-order valence-electron chi connectivity index (χ3n) is 1.12. The van der Waals surface area contributed by atoms with Crippen molar-refractivity contribution in [2.24, 2.45) is 0 Å². The van der Waals surface area contributed by atoms with Gasteiger partial charge in [0.25, 0.3) is 0 Å². The Morgan fingerprint density at radius 3 is 1.77 bits per heavy atom. The summed E-state index contributed by atoms with van der Waals surface area (Å²) in [5.74, 6) is 0.927. The first-order valence-corrected chi connectivity index (χ1v) is 6.75. The van der Waals surface area contributed by atoms with E-state index in [-0.39, 0.29) is 0 Å². The monoisotopic (exact) mass is 225 g/mol. The lowest BCUT2D eigenvalue weighted by atomic mass is 10.6. The van der Waals surface area contributed by atoms with Crippen LogP contribution < -0.4 is 0 Å². The van der Waals surface area contributed by atoms with Crippen molar-refractivity contribution in [1.82, 2.24) is 4.90 Å². The molecule has 0 aliphatic rings. The molecule has 0 N–H and O–H groups in total. The molecule has 0 radical (unpaired) electrons. The molecule has 0 saturated heterocycles. The second kappa shape index (κ2) is 12.4. The van der Waals surface area contributed by atoms with Crippen LogP contribution >= 0.6 is 12.6 Å². The molecule has 0 unspecified atom stereocenters. The summed E-state index contributed by atoms with van der Waals surface area (Å²) in [4.78, 5) is 2.00. The highest BCUT2D eigenvalue weighted by atomic mass is 32.1. The topological polar surface area (TPSA) is 21.7 Å².